The Balaban J connectivity index is 1.50. The van der Waals surface area contributed by atoms with E-state index >= 15 is 0 Å². The Hall–Kier alpha value is -3.09. The van der Waals surface area contributed by atoms with Crippen LogP contribution in [0.1, 0.15) is 23.8 Å². The molecule has 0 N–H and O–H groups in total. The number of benzene rings is 2. The van der Waals surface area contributed by atoms with Gasteiger partial charge in [-0.15, -0.1) is 0 Å². The van der Waals surface area contributed by atoms with Crippen LogP contribution in [0.2, 0.25) is 0 Å². The zero-order chi connectivity index (χ0) is 18.1. The lowest BCUT2D eigenvalue weighted by atomic mass is 10.1. The Morgan fingerprint density at radius 2 is 2.00 bits per heavy atom. The predicted octanol–water partition coefficient (Wildman–Crippen LogP) is 3.53. The van der Waals surface area contributed by atoms with Crippen LogP contribution in [0.4, 0.5) is 8.78 Å². The number of nitrogens with zero attached hydrogens (tertiary/aromatic N) is 3. The van der Waals surface area contributed by atoms with Crippen molar-refractivity contribution in [2.24, 2.45) is 0 Å². The molecule has 1 aliphatic rings. The van der Waals surface area contributed by atoms with Gasteiger partial charge in [0.05, 0.1) is 5.92 Å². The molecular formula is C19H15F2N3O2. The van der Waals surface area contributed by atoms with E-state index in [9.17, 15) is 13.6 Å². The van der Waals surface area contributed by atoms with Crippen molar-refractivity contribution >= 4 is 5.91 Å². The highest BCUT2D eigenvalue weighted by molar-refractivity contribution is 5.79. The van der Waals surface area contributed by atoms with E-state index < -0.39 is 0 Å². The van der Waals surface area contributed by atoms with Crippen molar-refractivity contribution in [1.82, 2.24) is 15.0 Å². The van der Waals surface area contributed by atoms with Crippen molar-refractivity contribution in [3.8, 4) is 11.4 Å². The predicted molar refractivity (Wildman–Crippen MR) is 88.9 cm³/mol. The lowest BCUT2D eigenvalue weighted by Crippen LogP contribution is -2.24. The van der Waals surface area contributed by atoms with Gasteiger partial charge in [0.15, 0.2) is 0 Å². The molecule has 1 fully saturated rings. The number of likely N-dealkylation sites (tertiary alicyclic amines) is 1. The third kappa shape index (κ3) is 3.20. The van der Waals surface area contributed by atoms with Gasteiger partial charge in [-0.1, -0.05) is 35.5 Å². The average Bonchev–Trinajstić information content (AvgIpc) is 3.24. The molecule has 3 aromatic rings. The second kappa shape index (κ2) is 6.67. The molecule has 26 heavy (non-hydrogen) atoms. The number of carbonyl (C=O) groups is 1. The van der Waals surface area contributed by atoms with Crippen molar-refractivity contribution in [1.29, 1.82) is 0 Å². The van der Waals surface area contributed by atoms with Crippen LogP contribution in [-0.2, 0) is 11.3 Å². The normalized spacial score (nSPS) is 17.1. The molecule has 1 aromatic heterocycles. The van der Waals surface area contributed by atoms with Crippen LogP contribution in [-0.4, -0.2) is 27.5 Å². The summed E-state index contributed by atoms with van der Waals surface area (Å²) in [6.45, 7) is 0.574. The third-order valence-corrected chi connectivity index (χ3v) is 4.41. The number of halogens is 2. The van der Waals surface area contributed by atoms with Crippen LogP contribution >= 0.6 is 0 Å². The smallest absolute Gasteiger partial charge is 0.232 e. The minimum atomic E-state index is -0.388. The second-order valence-electron chi connectivity index (χ2n) is 6.23. The maximum absolute atomic E-state index is 13.8. The summed E-state index contributed by atoms with van der Waals surface area (Å²) in [6, 6.07) is 12.3. The van der Waals surface area contributed by atoms with Gasteiger partial charge in [-0.3, -0.25) is 4.79 Å². The van der Waals surface area contributed by atoms with Crippen molar-refractivity contribution in [3.63, 3.8) is 0 Å². The summed E-state index contributed by atoms with van der Waals surface area (Å²) >= 11 is 0. The van der Waals surface area contributed by atoms with Crippen molar-refractivity contribution in [3.05, 3.63) is 71.6 Å². The average molecular weight is 355 g/mol. The van der Waals surface area contributed by atoms with E-state index in [1.807, 2.05) is 0 Å². The van der Waals surface area contributed by atoms with Gasteiger partial charge in [-0.05, 0) is 18.2 Å². The largest absolute Gasteiger partial charge is 0.339 e. The van der Waals surface area contributed by atoms with E-state index in [0.29, 0.717) is 23.6 Å². The summed E-state index contributed by atoms with van der Waals surface area (Å²) in [7, 11) is 0. The molecule has 0 radical (unpaired) electrons. The number of hydrogen-bond donors (Lipinski definition) is 0. The highest BCUT2D eigenvalue weighted by Crippen LogP contribution is 2.30. The third-order valence-electron chi connectivity index (χ3n) is 4.41. The summed E-state index contributed by atoms with van der Waals surface area (Å²) in [5.41, 5.74) is 0.972. The number of hydrogen-bond acceptors (Lipinski definition) is 4. The van der Waals surface area contributed by atoms with Crippen molar-refractivity contribution < 1.29 is 18.1 Å². The van der Waals surface area contributed by atoms with Gasteiger partial charge in [0.1, 0.15) is 11.6 Å². The molecule has 1 amide bonds. The Kier molecular flexibility index (Phi) is 4.20. The standard InChI is InChI=1S/C19H15F2N3O2/c20-15-6-3-5-12(8-15)18-22-19(26-23-18)14-9-17(25)24(11-14)10-13-4-1-2-7-16(13)21/h1-8,14H,9-11H2. The van der Waals surface area contributed by atoms with Gasteiger partial charge in [-0.25, -0.2) is 8.78 Å². The molecule has 2 heterocycles. The summed E-state index contributed by atoms with van der Waals surface area (Å²) in [5.74, 6) is -0.475. The fraction of sp³-hybridized carbons (Fsp3) is 0.211. The van der Waals surface area contributed by atoms with Crippen LogP contribution in [0, 0.1) is 11.6 Å². The Labute approximate surface area is 148 Å². The lowest BCUT2D eigenvalue weighted by molar-refractivity contribution is -0.128. The number of rotatable bonds is 4. The van der Waals surface area contributed by atoms with Gasteiger partial charge in [0.25, 0.3) is 0 Å². The Morgan fingerprint density at radius 3 is 2.81 bits per heavy atom. The van der Waals surface area contributed by atoms with E-state index in [2.05, 4.69) is 10.1 Å². The molecule has 1 atom stereocenters. The minimum absolute atomic E-state index is 0.0937. The maximum atomic E-state index is 13.8. The molecule has 1 unspecified atom stereocenters. The van der Waals surface area contributed by atoms with Gasteiger partial charge in [0.2, 0.25) is 17.6 Å². The highest BCUT2D eigenvalue weighted by Gasteiger charge is 2.34. The van der Waals surface area contributed by atoms with Gasteiger partial charge >= 0.3 is 0 Å². The van der Waals surface area contributed by atoms with E-state index in [-0.39, 0.29) is 42.2 Å². The first kappa shape index (κ1) is 16.4. The van der Waals surface area contributed by atoms with Gasteiger partial charge < -0.3 is 9.42 Å². The molecule has 132 valence electrons. The van der Waals surface area contributed by atoms with Crippen LogP contribution in [0.5, 0.6) is 0 Å². The first-order valence-electron chi connectivity index (χ1n) is 8.21. The monoisotopic (exact) mass is 355 g/mol. The van der Waals surface area contributed by atoms with Crippen molar-refractivity contribution in [2.45, 2.75) is 18.9 Å². The summed E-state index contributed by atoms with van der Waals surface area (Å²) in [5, 5.41) is 3.88. The molecule has 0 saturated carbocycles. The molecule has 0 bridgehead atoms. The van der Waals surface area contributed by atoms with Crippen molar-refractivity contribution in [2.75, 3.05) is 6.54 Å². The molecule has 1 aliphatic heterocycles. The number of amides is 1. The maximum Gasteiger partial charge on any atom is 0.232 e. The molecular weight excluding hydrogens is 340 g/mol. The zero-order valence-electron chi connectivity index (χ0n) is 13.7. The molecule has 7 heteroatoms. The molecule has 4 rings (SSSR count). The van der Waals surface area contributed by atoms with E-state index in [0.717, 1.165) is 0 Å². The molecule has 1 saturated heterocycles. The van der Waals surface area contributed by atoms with Crippen LogP contribution in [0.3, 0.4) is 0 Å². The minimum Gasteiger partial charge on any atom is -0.339 e. The Bertz CT molecular complexity index is 957. The van der Waals surface area contributed by atoms with E-state index in [4.69, 9.17) is 4.52 Å². The summed E-state index contributed by atoms with van der Waals surface area (Å²) in [4.78, 5) is 18.1. The zero-order valence-corrected chi connectivity index (χ0v) is 13.7. The number of carbonyl (C=O) groups excluding carboxylic acids is 1. The first-order chi connectivity index (χ1) is 12.6. The molecule has 0 spiro atoms. The molecule has 5 nitrogen and oxygen atoms in total. The fourth-order valence-corrected chi connectivity index (χ4v) is 3.07. The number of aromatic nitrogens is 2. The molecule has 2 aromatic carbocycles. The topological polar surface area (TPSA) is 59.2 Å². The van der Waals surface area contributed by atoms with Gasteiger partial charge in [0, 0.05) is 30.6 Å². The van der Waals surface area contributed by atoms with Gasteiger partial charge in [-0.2, -0.15) is 4.98 Å². The quantitative estimate of drug-likeness (QED) is 0.718. The summed E-state index contributed by atoms with van der Waals surface area (Å²) < 4.78 is 32.4. The first-order valence-corrected chi connectivity index (χ1v) is 8.21. The van der Waals surface area contributed by atoms with Crippen LogP contribution in [0.15, 0.2) is 53.1 Å². The Morgan fingerprint density at radius 1 is 1.15 bits per heavy atom. The lowest BCUT2D eigenvalue weighted by Gasteiger charge is -2.16. The highest BCUT2D eigenvalue weighted by atomic mass is 19.1. The summed E-state index contributed by atoms with van der Waals surface area (Å²) in [6.07, 6.45) is 0.221. The van der Waals surface area contributed by atoms with Crippen LogP contribution < -0.4 is 0 Å². The van der Waals surface area contributed by atoms with E-state index in [1.54, 1.807) is 35.2 Å². The fourth-order valence-electron chi connectivity index (χ4n) is 3.07. The van der Waals surface area contributed by atoms with Crippen LogP contribution in [0.25, 0.3) is 11.4 Å². The SMILES string of the molecule is O=C1CC(c2nc(-c3cccc(F)c3)no2)CN1Cc1ccccc1F. The second-order valence-corrected chi connectivity index (χ2v) is 6.23. The molecule has 0 aliphatic carbocycles. The van der Waals surface area contributed by atoms with E-state index in [1.165, 1.54) is 18.2 Å².